The summed E-state index contributed by atoms with van der Waals surface area (Å²) in [6, 6.07) is 40.7. The summed E-state index contributed by atoms with van der Waals surface area (Å²) in [5, 5.41) is 11.0. The molecule has 0 spiro atoms. The minimum absolute atomic E-state index is 0. The second-order valence-electron chi connectivity index (χ2n) is 16.9. The molecular formula is C52H70O8S. The van der Waals surface area contributed by atoms with E-state index >= 15 is 0 Å². The fourth-order valence-electron chi connectivity index (χ4n) is 7.52. The Hall–Kier alpha value is -3.51. The Bertz CT molecular complexity index is 1800. The van der Waals surface area contributed by atoms with Crippen LogP contribution in [0.2, 0.25) is 0 Å². The Morgan fingerprint density at radius 1 is 0.557 bits per heavy atom. The van der Waals surface area contributed by atoms with Gasteiger partial charge in [0.05, 0.1) is 64.2 Å². The zero-order valence-corrected chi connectivity index (χ0v) is 37.0. The molecule has 3 saturated heterocycles. The normalized spacial score (nSPS) is 31.7. The maximum absolute atomic E-state index is 11.0. The van der Waals surface area contributed by atoms with Crippen LogP contribution in [0, 0.1) is 35.5 Å². The summed E-state index contributed by atoms with van der Waals surface area (Å²) in [6.07, 6.45) is 3.27. The van der Waals surface area contributed by atoms with Crippen molar-refractivity contribution in [3.05, 3.63) is 150 Å². The first-order valence-electron chi connectivity index (χ1n) is 21.7. The topological polar surface area (TPSA) is 88.1 Å². The number of aliphatic hydroxyl groups excluding tert-OH is 1. The first-order valence-corrected chi connectivity index (χ1v) is 22.6. The van der Waals surface area contributed by atoms with Crippen molar-refractivity contribution >= 4 is 11.8 Å². The van der Waals surface area contributed by atoms with Gasteiger partial charge in [0.15, 0.2) is 6.29 Å². The molecule has 1 unspecified atom stereocenters. The van der Waals surface area contributed by atoms with Gasteiger partial charge in [-0.3, -0.25) is 0 Å². The lowest BCUT2D eigenvalue weighted by molar-refractivity contribution is -0.0898. The number of epoxide rings is 1. The van der Waals surface area contributed by atoms with E-state index in [4.69, 9.17) is 33.2 Å². The molecule has 61 heavy (non-hydrogen) atoms. The van der Waals surface area contributed by atoms with Gasteiger partial charge < -0.3 is 38.3 Å². The van der Waals surface area contributed by atoms with E-state index in [9.17, 15) is 5.11 Å². The Labute approximate surface area is 370 Å². The first-order chi connectivity index (χ1) is 29.2. The minimum atomic E-state index is -0.672. The molecular weight excluding hydrogens is 785 g/mol. The highest BCUT2D eigenvalue weighted by atomic mass is 32.2. The summed E-state index contributed by atoms with van der Waals surface area (Å²) >= 11 is 1.56. The highest BCUT2D eigenvalue weighted by Gasteiger charge is 2.52. The Balaban J connectivity index is 0.000000176. The van der Waals surface area contributed by atoms with Crippen molar-refractivity contribution in [1.82, 2.24) is 0 Å². The zero-order chi connectivity index (χ0) is 42.3. The van der Waals surface area contributed by atoms with E-state index in [2.05, 4.69) is 65.8 Å². The second kappa shape index (κ2) is 25.0. The largest absolute Gasteiger partial charge is 0.501 e. The number of hydrogen-bond acceptors (Lipinski definition) is 9. The van der Waals surface area contributed by atoms with Crippen LogP contribution in [0.1, 0.15) is 65.7 Å². The molecule has 332 valence electrons. The molecule has 4 aromatic rings. The molecule has 9 heteroatoms. The van der Waals surface area contributed by atoms with Gasteiger partial charge in [0.25, 0.3) is 0 Å². The lowest BCUT2D eigenvalue weighted by Crippen LogP contribution is -2.41. The molecule has 3 fully saturated rings. The van der Waals surface area contributed by atoms with Gasteiger partial charge in [0, 0.05) is 4.90 Å². The van der Waals surface area contributed by atoms with Crippen LogP contribution in [0.25, 0.3) is 0 Å². The predicted octanol–water partition coefficient (Wildman–Crippen LogP) is 11.0. The lowest BCUT2D eigenvalue weighted by atomic mass is 9.89. The van der Waals surface area contributed by atoms with Crippen molar-refractivity contribution in [2.75, 3.05) is 19.8 Å². The molecule has 8 nitrogen and oxygen atoms in total. The number of fused-ring (bicyclic) bond motifs is 1. The van der Waals surface area contributed by atoms with Crippen LogP contribution in [-0.4, -0.2) is 67.2 Å². The molecule has 0 saturated carbocycles. The quantitative estimate of drug-likeness (QED) is 0.148. The van der Waals surface area contributed by atoms with Gasteiger partial charge in [-0.2, -0.15) is 0 Å². The van der Waals surface area contributed by atoms with E-state index in [0.29, 0.717) is 56.0 Å². The smallest absolute Gasteiger partial charge is 0.187 e. The van der Waals surface area contributed by atoms with Gasteiger partial charge in [-0.1, -0.05) is 170 Å². The molecule has 1 N–H and O–H groups in total. The average Bonchev–Trinajstić information content (AvgIpc) is 4.10. The van der Waals surface area contributed by atoms with Crippen LogP contribution >= 0.6 is 11.8 Å². The maximum Gasteiger partial charge on any atom is 0.187 e. The molecule has 0 bridgehead atoms. The number of benzene rings is 4. The fraction of sp³-hybridized carbons (Fsp3) is 0.500. The highest BCUT2D eigenvalue weighted by Crippen LogP contribution is 2.39. The summed E-state index contributed by atoms with van der Waals surface area (Å²) in [4.78, 5) is 1.09. The molecule has 0 amide bonds. The van der Waals surface area contributed by atoms with Crippen LogP contribution in [0.15, 0.2) is 139 Å². The molecule has 4 aromatic carbocycles. The molecule has 8 rings (SSSR count). The number of ether oxygens (including phenoxy) is 7. The van der Waals surface area contributed by atoms with Crippen LogP contribution in [0.5, 0.6) is 0 Å². The van der Waals surface area contributed by atoms with Crippen molar-refractivity contribution in [2.24, 2.45) is 35.5 Å². The zero-order valence-electron chi connectivity index (χ0n) is 36.2. The van der Waals surface area contributed by atoms with Crippen molar-refractivity contribution in [1.29, 1.82) is 0 Å². The Morgan fingerprint density at radius 2 is 1.02 bits per heavy atom. The Morgan fingerprint density at radius 3 is 1.57 bits per heavy atom. The summed E-state index contributed by atoms with van der Waals surface area (Å²) < 4.78 is 40.8. The molecule has 0 aliphatic carbocycles. The molecule has 0 aromatic heterocycles. The van der Waals surface area contributed by atoms with Crippen LogP contribution in [0.3, 0.4) is 0 Å². The number of aliphatic hydroxyl groups is 1. The molecule has 13 atom stereocenters. The highest BCUT2D eigenvalue weighted by molar-refractivity contribution is 7.99. The van der Waals surface area contributed by atoms with Gasteiger partial charge >= 0.3 is 0 Å². The third-order valence-corrected chi connectivity index (χ3v) is 13.5. The van der Waals surface area contributed by atoms with Crippen molar-refractivity contribution in [3.63, 3.8) is 0 Å². The SMILES string of the molecule is C.C[C@@H]1[C@H](C)COC=C[C@H]1OCc1ccccc1.C[C@H]1[C@H](OCc2ccccc2)[C@@H]2OC2OC[C@H]1C.C[C@H]1[C@H](OCc2ccccc2)[C@H](O)[C@@H](Sc2ccccc2)OC[C@H]1C. The van der Waals surface area contributed by atoms with E-state index in [1.54, 1.807) is 18.0 Å². The van der Waals surface area contributed by atoms with Crippen molar-refractivity contribution in [2.45, 2.75) is 116 Å². The lowest BCUT2D eigenvalue weighted by Gasteiger charge is -2.30. The van der Waals surface area contributed by atoms with E-state index in [1.807, 2.05) is 103 Å². The average molecular weight is 855 g/mol. The van der Waals surface area contributed by atoms with Gasteiger partial charge in [0.1, 0.15) is 17.6 Å². The Kier molecular flexibility index (Phi) is 19.8. The van der Waals surface area contributed by atoms with Crippen molar-refractivity contribution < 1.29 is 38.3 Å². The first kappa shape index (κ1) is 48.5. The van der Waals surface area contributed by atoms with E-state index < -0.39 is 6.10 Å². The maximum atomic E-state index is 11.0. The minimum Gasteiger partial charge on any atom is -0.501 e. The van der Waals surface area contributed by atoms with Crippen LogP contribution < -0.4 is 0 Å². The molecule has 0 radical (unpaired) electrons. The molecule has 4 aliphatic heterocycles. The summed E-state index contributed by atoms with van der Waals surface area (Å²) in [5.41, 5.74) is 3.22. The van der Waals surface area contributed by atoms with Crippen molar-refractivity contribution in [3.8, 4) is 0 Å². The predicted molar refractivity (Wildman–Crippen MR) is 245 cm³/mol. The second-order valence-corrected chi connectivity index (χ2v) is 18.1. The molecule has 4 aliphatic rings. The van der Waals surface area contributed by atoms with Gasteiger partial charge in [-0.05, 0) is 70.4 Å². The third kappa shape index (κ3) is 14.8. The fourth-order valence-corrected chi connectivity index (χ4v) is 8.54. The van der Waals surface area contributed by atoms with E-state index in [0.717, 1.165) is 23.7 Å². The van der Waals surface area contributed by atoms with Crippen LogP contribution in [0.4, 0.5) is 0 Å². The van der Waals surface area contributed by atoms with E-state index in [-0.39, 0.29) is 49.5 Å². The van der Waals surface area contributed by atoms with Gasteiger partial charge in [-0.15, -0.1) is 0 Å². The summed E-state index contributed by atoms with van der Waals surface area (Å²) in [7, 11) is 0. The number of hydrogen-bond donors (Lipinski definition) is 1. The standard InChI is InChI=1S/C21H26O3S.C15H20O3.C15H20O2.CH4/c1-15-13-24-21(25-18-11-7-4-8-12-18)19(22)20(16(15)2)23-14-17-9-5-3-6-10-17;1-10-8-17-15-14(18-15)13(11(10)2)16-9-12-6-4-3-5-7-12;1-12-10-16-9-8-15(13(12)2)17-11-14-6-4-3-5-7-14;/h3-12,15-16,19-22H,13-14H2,1-2H3;3-7,10-11,13-15H,8-9H2,1-2H3;3-9,12-13,15H,10-11H2,1-2H3;1H4/t15-,16-,19+,20+,21-;10-,11-,13+,14+,15?;12-,13-,15-;/m111./s1. The summed E-state index contributed by atoms with van der Waals surface area (Å²) in [5.74, 6) is 2.54. The number of thioether (sulfide) groups is 1. The van der Waals surface area contributed by atoms with Crippen LogP contribution in [-0.2, 0) is 53.0 Å². The van der Waals surface area contributed by atoms with Gasteiger partial charge in [0.2, 0.25) is 0 Å². The monoisotopic (exact) mass is 854 g/mol. The van der Waals surface area contributed by atoms with E-state index in [1.165, 1.54) is 11.1 Å². The summed E-state index contributed by atoms with van der Waals surface area (Å²) in [6.45, 7) is 17.2. The third-order valence-electron chi connectivity index (χ3n) is 12.3. The number of rotatable bonds is 11. The van der Waals surface area contributed by atoms with Gasteiger partial charge in [-0.25, -0.2) is 0 Å². The molecule has 4 heterocycles.